The van der Waals surface area contributed by atoms with E-state index >= 15 is 0 Å². The number of hydrogen-bond donors (Lipinski definition) is 3. The van der Waals surface area contributed by atoms with Gasteiger partial charge in [0, 0.05) is 42.9 Å². The van der Waals surface area contributed by atoms with Gasteiger partial charge >= 0.3 is 6.18 Å². The SMILES string of the molecule is C#Cc1cc(C(=O)N[C@@H](Cc2ccccc2)[C@H](O)CNCc2cccc(C(F)(F)F)c2)cc(C(=O)N(CCC)CCC)c1. The Kier molecular flexibility index (Phi) is 12.4. The third-order valence-corrected chi connectivity index (χ3v) is 6.90. The van der Waals surface area contributed by atoms with Crippen LogP contribution in [-0.2, 0) is 19.1 Å². The van der Waals surface area contributed by atoms with Gasteiger partial charge in [-0.15, -0.1) is 6.42 Å². The number of rotatable bonds is 14. The lowest BCUT2D eigenvalue weighted by Gasteiger charge is -2.25. The number of aliphatic hydroxyl groups is 1. The Hall–Kier alpha value is -4.13. The molecule has 3 rings (SSSR count). The fourth-order valence-corrected chi connectivity index (χ4v) is 4.77. The molecule has 0 fully saturated rings. The van der Waals surface area contributed by atoms with Gasteiger partial charge in [-0.2, -0.15) is 13.2 Å². The first-order valence-corrected chi connectivity index (χ1v) is 14.4. The monoisotopic (exact) mass is 593 g/mol. The van der Waals surface area contributed by atoms with E-state index in [1.165, 1.54) is 18.2 Å². The zero-order chi connectivity index (χ0) is 31.4. The molecule has 2 atom stereocenters. The molecule has 0 aromatic heterocycles. The van der Waals surface area contributed by atoms with Crippen LogP contribution in [0.3, 0.4) is 0 Å². The van der Waals surface area contributed by atoms with Gasteiger partial charge in [0.15, 0.2) is 0 Å². The normalized spacial score (nSPS) is 12.7. The highest BCUT2D eigenvalue weighted by Gasteiger charge is 2.30. The van der Waals surface area contributed by atoms with Crippen LogP contribution in [0, 0.1) is 12.3 Å². The average molecular weight is 594 g/mol. The molecular formula is C34H38F3N3O3. The fourth-order valence-electron chi connectivity index (χ4n) is 4.77. The van der Waals surface area contributed by atoms with Crippen molar-refractivity contribution in [3.05, 3.63) is 106 Å². The van der Waals surface area contributed by atoms with Gasteiger partial charge in [0.2, 0.25) is 0 Å². The Morgan fingerprint density at radius 2 is 1.58 bits per heavy atom. The van der Waals surface area contributed by atoms with Crippen molar-refractivity contribution in [1.29, 1.82) is 0 Å². The second kappa shape index (κ2) is 15.9. The second-order valence-electron chi connectivity index (χ2n) is 10.4. The van der Waals surface area contributed by atoms with Crippen LogP contribution < -0.4 is 10.6 Å². The summed E-state index contributed by atoms with van der Waals surface area (Å²) in [6, 6.07) is 18.1. The maximum Gasteiger partial charge on any atom is 0.416 e. The molecule has 0 aliphatic heterocycles. The van der Waals surface area contributed by atoms with Crippen LogP contribution in [0.4, 0.5) is 13.2 Å². The Labute approximate surface area is 251 Å². The van der Waals surface area contributed by atoms with Crippen LogP contribution in [0.15, 0.2) is 72.8 Å². The van der Waals surface area contributed by atoms with Crippen molar-refractivity contribution in [1.82, 2.24) is 15.5 Å². The molecule has 0 aliphatic rings. The van der Waals surface area contributed by atoms with E-state index in [2.05, 4.69) is 16.6 Å². The summed E-state index contributed by atoms with van der Waals surface area (Å²) in [7, 11) is 0. The van der Waals surface area contributed by atoms with Crippen molar-refractivity contribution in [2.24, 2.45) is 0 Å². The first-order valence-electron chi connectivity index (χ1n) is 14.4. The van der Waals surface area contributed by atoms with E-state index in [0.717, 1.165) is 30.5 Å². The number of halogens is 3. The molecule has 9 heteroatoms. The summed E-state index contributed by atoms with van der Waals surface area (Å²) in [6.07, 6.45) is 1.98. The van der Waals surface area contributed by atoms with E-state index < -0.39 is 29.8 Å². The lowest BCUT2D eigenvalue weighted by Crippen LogP contribution is -2.48. The van der Waals surface area contributed by atoms with Crippen LogP contribution in [0.25, 0.3) is 0 Å². The summed E-state index contributed by atoms with van der Waals surface area (Å²) >= 11 is 0. The summed E-state index contributed by atoms with van der Waals surface area (Å²) in [5.74, 6) is 1.79. The van der Waals surface area contributed by atoms with Gasteiger partial charge in [-0.05, 0) is 54.7 Å². The fraction of sp³-hybridized carbons (Fsp3) is 0.353. The average Bonchev–Trinajstić information content (AvgIpc) is 3.00. The second-order valence-corrected chi connectivity index (χ2v) is 10.4. The topological polar surface area (TPSA) is 81.7 Å². The number of nitrogens with zero attached hydrogens (tertiary/aromatic N) is 1. The van der Waals surface area contributed by atoms with E-state index in [4.69, 9.17) is 6.42 Å². The summed E-state index contributed by atoms with van der Waals surface area (Å²) in [5.41, 5.74) is 1.41. The minimum Gasteiger partial charge on any atom is -0.390 e. The smallest absolute Gasteiger partial charge is 0.390 e. The molecule has 0 radical (unpaired) electrons. The van der Waals surface area contributed by atoms with Gasteiger partial charge in [-0.1, -0.05) is 68.3 Å². The van der Waals surface area contributed by atoms with Crippen LogP contribution in [-0.4, -0.2) is 53.6 Å². The standard InChI is InChI=1S/C34H38F3N3O3/c1-4-15-40(16-5-2)33(43)28-18-24(6-3)17-27(21-28)32(42)39-30(20-25-11-8-7-9-12-25)31(41)23-38-22-26-13-10-14-29(19-26)34(35,36)37/h3,7-14,17-19,21,30-31,38,41H,4-5,15-16,20,22-23H2,1-2H3,(H,39,42)/t30-,31+/m0/s1. The minimum absolute atomic E-state index is 0.00511. The molecule has 43 heavy (non-hydrogen) atoms. The Balaban J connectivity index is 1.79. The van der Waals surface area contributed by atoms with Crippen molar-refractivity contribution in [3.63, 3.8) is 0 Å². The largest absolute Gasteiger partial charge is 0.416 e. The highest BCUT2D eigenvalue weighted by molar-refractivity contribution is 6.00. The Bertz CT molecular complexity index is 1400. The summed E-state index contributed by atoms with van der Waals surface area (Å²) < 4.78 is 39.3. The van der Waals surface area contributed by atoms with Crippen molar-refractivity contribution in [2.45, 2.75) is 58.0 Å². The van der Waals surface area contributed by atoms with E-state index in [1.54, 1.807) is 17.0 Å². The van der Waals surface area contributed by atoms with E-state index in [1.807, 2.05) is 44.2 Å². The zero-order valence-corrected chi connectivity index (χ0v) is 24.5. The summed E-state index contributed by atoms with van der Waals surface area (Å²) in [4.78, 5) is 28.5. The molecule has 3 aromatic rings. The molecule has 0 heterocycles. The molecule has 3 N–H and O–H groups in total. The molecule has 0 spiro atoms. The lowest BCUT2D eigenvalue weighted by atomic mass is 9.99. The number of benzene rings is 3. The first-order chi connectivity index (χ1) is 20.5. The number of aliphatic hydroxyl groups excluding tert-OH is 1. The van der Waals surface area contributed by atoms with E-state index in [0.29, 0.717) is 36.2 Å². The highest BCUT2D eigenvalue weighted by Crippen LogP contribution is 2.29. The van der Waals surface area contributed by atoms with Crippen LogP contribution >= 0.6 is 0 Å². The van der Waals surface area contributed by atoms with Gasteiger partial charge in [-0.3, -0.25) is 9.59 Å². The van der Waals surface area contributed by atoms with Crippen molar-refractivity contribution >= 4 is 11.8 Å². The quantitative estimate of drug-likeness (QED) is 0.218. The molecular weight excluding hydrogens is 555 g/mol. The predicted molar refractivity (Wildman–Crippen MR) is 161 cm³/mol. The highest BCUT2D eigenvalue weighted by atomic mass is 19.4. The number of carbonyl (C=O) groups excluding carboxylic acids is 2. The predicted octanol–water partition coefficient (Wildman–Crippen LogP) is 5.44. The Morgan fingerprint density at radius 1 is 0.930 bits per heavy atom. The number of alkyl halides is 3. The van der Waals surface area contributed by atoms with E-state index in [-0.39, 0.29) is 24.6 Å². The molecule has 228 valence electrons. The summed E-state index contributed by atoms with van der Waals surface area (Å²) in [5, 5.41) is 17.0. The number of amides is 2. The van der Waals surface area contributed by atoms with Crippen LogP contribution in [0.1, 0.15) is 69.7 Å². The van der Waals surface area contributed by atoms with Crippen molar-refractivity contribution in [2.75, 3.05) is 19.6 Å². The van der Waals surface area contributed by atoms with Crippen molar-refractivity contribution < 1.29 is 27.9 Å². The number of nitrogens with one attached hydrogen (secondary N) is 2. The maximum absolute atomic E-state index is 13.5. The van der Waals surface area contributed by atoms with E-state index in [9.17, 15) is 27.9 Å². The lowest BCUT2D eigenvalue weighted by molar-refractivity contribution is -0.137. The van der Waals surface area contributed by atoms with Gasteiger partial charge in [0.1, 0.15) is 0 Å². The van der Waals surface area contributed by atoms with Gasteiger partial charge < -0.3 is 20.6 Å². The van der Waals surface area contributed by atoms with Crippen LogP contribution in [0.2, 0.25) is 0 Å². The third-order valence-electron chi connectivity index (χ3n) is 6.90. The molecule has 6 nitrogen and oxygen atoms in total. The van der Waals surface area contributed by atoms with Crippen molar-refractivity contribution in [3.8, 4) is 12.3 Å². The first kappa shape index (κ1) is 33.4. The van der Waals surface area contributed by atoms with Gasteiger partial charge in [-0.25, -0.2) is 0 Å². The third kappa shape index (κ3) is 9.98. The maximum atomic E-state index is 13.5. The molecule has 0 saturated heterocycles. The Morgan fingerprint density at radius 3 is 2.21 bits per heavy atom. The molecule has 0 bridgehead atoms. The van der Waals surface area contributed by atoms with Gasteiger partial charge in [0.05, 0.1) is 17.7 Å². The number of terminal acetylenes is 1. The molecule has 3 aromatic carbocycles. The molecule has 0 aliphatic carbocycles. The minimum atomic E-state index is -4.45. The summed E-state index contributed by atoms with van der Waals surface area (Å²) in [6.45, 7) is 5.22. The van der Waals surface area contributed by atoms with Gasteiger partial charge in [0.25, 0.3) is 11.8 Å². The molecule has 0 unspecified atom stereocenters. The number of carbonyl (C=O) groups is 2. The molecule has 2 amide bonds. The number of hydrogen-bond acceptors (Lipinski definition) is 4. The molecule has 0 saturated carbocycles. The zero-order valence-electron chi connectivity index (χ0n) is 24.5. The van der Waals surface area contributed by atoms with Crippen LogP contribution in [0.5, 0.6) is 0 Å².